The summed E-state index contributed by atoms with van der Waals surface area (Å²) in [4.78, 5) is 11.7. The Morgan fingerprint density at radius 2 is 1.79 bits per heavy atom. The van der Waals surface area contributed by atoms with E-state index in [0.29, 0.717) is 18.3 Å². The van der Waals surface area contributed by atoms with Crippen molar-refractivity contribution < 1.29 is 14.3 Å². The molecule has 1 aromatic rings. The van der Waals surface area contributed by atoms with Crippen molar-refractivity contribution in [3.8, 4) is 5.75 Å². The van der Waals surface area contributed by atoms with Gasteiger partial charge in [0, 0.05) is 0 Å². The minimum atomic E-state index is -0.568. The first-order valence-electron chi connectivity index (χ1n) is 6.97. The third kappa shape index (κ3) is 5.33. The lowest BCUT2D eigenvalue weighted by Crippen LogP contribution is -2.26. The maximum absolute atomic E-state index is 11.7. The Labute approximate surface area is 115 Å². The molecule has 0 aliphatic carbocycles. The van der Waals surface area contributed by atoms with Crippen molar-refractivity contribution in [3.05, 3.63) is 29.8 Å². The molecule has 0 spiro atoms. The van der Waals surface area contributed by atoms with Gasteiger partial charge in [0.1, 0.15) is 5.75 Å². The highest BCUT2D eigenvalue weighted by Crippen LogP contribution is 2.19. The number of ether oxygens (including phenoxy) is 2. The highest BCUT2D eigenvalue weighted by molar-refractivity contribution is 5.74. The van der Waals surface area contributed by atoms with Crippen molar-refractivity contribution in [2.24, 2.45) is 0 Å². The zero-order valence-electron chi connectivity index (χ0n) is 12.3. The molecule has 106 valence electrons. The van der Waals surface area contributed by atoms with Crippen molar-refractivity contribution in [2.45, 2.75) is 52.6 Å². The number of hydrogen-bond donors (Lipinski definition) is 0. The van der Waals surface area contributed by atoms with Crippen molar-refractivity contribution in [1.82, 2.24) is 0 Å². The van der Waals surface area contributed by atoms with E-state index >= 15 is 0 Å². The largest absolute Gasteiger partial charge is 0.479 e. The molecule has 0 saturated heterocycles. The Morgan fingerprint density at radius 3 is 2.32 bits per heavy atom. The van der Waals surface area contributed by atoms with E-state index in [1.165, 1.54) is 5.56 Å². The maximum atomic E-state index is 11.7. The lowest BCUT2D eigenvalue weighted by Gasteiger charge is -2.14. The van der Waals surface area contributed by atoms with Gasteiger partial charge in [0.25, 0.3) is 0 Å². The van der Waals surface area contributed by atoms with Crippen LogP contribution in [0.1, 0.15) is 52.0 Å². The van der Waals surface area contributed by atoms with Gasteiger partial charge in [0.2, 0.25) is 0 Å². The van der Waals surface area contributed by atoms with E-state index in [-0.39, 0.29) is 5.97 Å². The second-order valence-electron chi connectivity index (χ2n) is 5.00. The monoisotopic (exact) mass is 264 g/mol. The summed E-state index contributed by atoms with van der Waals surface area (Å²) in [5, 5.41) is 0. The van der Waals surface area contributed by atoms with Crippen LogP contribution >= 0.6 is 0 Å². The van der Waals surface area contributed by atoms with Gasteiger partial charge in [-0.25, -0.2) is 4.79 Å². The van der Waals surface area contributed by atoms with Crippen LogP contribution in [0.25, 0.3) is 0 Å². The topological polar surface area (TPSA) is 35.5 Å². The number of unbranched alkanes of at least 4 members (excludes halogenated alkanes) is 1. The van der Waals surface area contributed by atoms with Gasteiger partial charge in [-0.3, -0.25) is 0 Å². The summed E-state index contributed by atoms with van der Waals surface area (Å²) < 4.78 is 10.7. The van der Waals surface area contributed by atoms with E-state index in [0.717, 1.165) is 12.8 Å². The predicted molar refractivity (Wildman–Crippen MR) is 76.5 cm³/mol. The van der Waals surface area contributed by atoms with E-state index in [1.54, 1.807) is 6.92 Å². The molecule has 0 bridgehead atoms. The Hall–Kier alpha value is -1.51. The van der Waals surface area contributed by atoms with Gasteiger partial charge in [0.05, 0.1) is 6.61 Å². The fourth-order valence-corrected chi connectivity index (χ4v) is 1.62. The lowest BCUT2D eigenvalue weighted by atomic mass is 10.0. The fourth-order valence-electron chi connectivity index (χ4n) is 1.62. The summed E-state index contributed by atoms with van der Waals surface area (Å²) in [5.74, 6) is 0.885. The first-order chi connectivity index (χ1) is 9.04. The zero-order chi connectivity index (χ0) is 14.3. The van der Waals surface area contributed by atoms with Crippen LogP contribution in [0.5, 0.6) is 5.75 Å². The third-order valence-electron chi connectivity index (χ3n) is 2.93. The van der Waals surface area contributed by atoms with Crippen LogP contribution in [-0.2, 0) is 9.53 Å². The molecule has 0 heterocycles. The summed E-state index contributed by atoms with van der Waals surface area (Å²) in [5.41, 5.74) is 1.26. The molecule has 0 aromatic heterocycles. The van der Waals surface area contributed by atoms with Crippen molar-refractivity contribution in [3.63, 3.8) is 0 Å². The smallest absolute Gasteiger partial charge is 0.347 e. The normalized spacial score (nSPS) is 12.3. The summed E-state index contributed by atoms with van der Waals surface area (Å²) in [6, 6.07) is 7.83. The van der Waals surface area contributed by atoms with Crippen LogP contribution < -0.4 is 4.74 Å². The van der Waals surface area contributed by atoms with E-state index in [4.69, 9.17) is 9.47 Å². The van der Waals surface area contributed by atoms with Crippen LogP contribution in [0, 0.1) is 0 Å². The third-order valence-corrected chi connectivity index (χ3v) is 2.93. The number of carbonyl (C=O) groups is 1. The molecular formula is C16H24O3. The fraction of sp³-hybridized carbons (Fsp3) is 0.562. The van der Waals surface area contributed by atoms with Gasteiger partial charge in [-0.15, -0.1) is 0 Å². The van der Waals surface area contributed by atoms with E-state index in [1.807, 2.05) is 24.3 Å². The van der Waals surface area contributed by atoms with Gasteiger partial charge in [0.15, 0.2) is 6.10 Å². The molecule has 3 nitrogen and oxygen atoms in total. The average molecular weight is 264 g/mol. The van der Waals surface area contributed by atoms with Crippen molar-refractivity contribution >= 4 is 5.97 Å². The highest BCUT2D eigenvalue weighted by Gasteiger charge is 2.16. The molecule has 0 radical (unpaired) electrons. The SMILES string of the molecule is CCCCOC(=O)C(C)Oc1ccc(C(C)C)cc1. The first-order valence-corrected chi connectivity index (χ1v) is 6.97. The summed E-state index contributed by atoms with van der Waals surface area (Å²) in [6.07, 6.45) is 1.34. The van der Waals surface area contributed by atoms with Crippen LogP contribution in [0.4, 0.5) is 0 Å². The Kier molecular flexibility index (Phi) is 6.40. The first kappa shape index (κ1) is 15.5. The van der Waals surface area contributed by atoms with Crippen LogP contribution in [-0.4, -0.2) is 18.7 Å². The van der Waals surface area contributed by atoms with Gasteiger partial charge < -0.3 is 9.47 Å². The maximum Gasteiger partial charge on any atom is 0.347 e. The average Bonchev–Trinajstić information content (AvgIpc) is 2.39. The number of esters is 1. The summed E-state index contributed by atoms with van der Waals surface area (Å²) in [7, 11) is 0. The molecule has 0 fully saturated rings. The number of rotatable bonds is 7. The molecule has 0 aliphatic heterocycles. The number of hydrogen-bond acceptors (Lipinski definition) is 3. The summed E-state index contributed by atoms with van der Waals surface area (Å²) >= 11 is 0. The lowest BCUT2D eigenvalue weighted by molar-refractivity contribution is -0.151. The van der Waals surface area contributed by atoms with Crippen molar-refractivity contribution in [2.75, 3.05) is 6.61 Å². The van der Waals surface area contributed by atoms with Crippen LogP contribution in [0.3, 0.4) is 0 Å². The molecule has 0 aliphatic rings. The molecule has 0 amide bonds. The predicted octanol–water partition coefficient (Wildman–Crippen LogP) is 3.92. The van der Waals surface area contributed by atoms with E-state index < -0.39 is 6.10 Å². The van der Waals surface area contributed by atoms with Gasteiger partial charge in [-0.05, 0) is 37.0 Å². The molecule has 1 atom stereocenters. The minimum Gasteiger partial charge on any atom is -0.479 e. The van der Waals surface area contributed by atoms with Crippen LogP contribution in [0.2, 0.25) is 0 Å². The number of benzene rings is 1. The molecule has 1 rings (SSSR count). The summed E-state index contributed by atoms with van der Waals surface area (Å²) in [6.45, 7) is 8.52. The Morgan fingerprint density at radius 1 is 1.16 bits per heavy atom. The van der Waals surface area contributed by atoms with Gasteiger partial charge in [-0.1, -0.05) is 39.3 Å². The second-order valence-corrected chi connectivity index (χ2v) is 5.00. The standard InChI is InChI=1S/C16H24O3/c1-5-6-11-18-16(17)13(4)19-15-9-7-14(8-10-15)12(2)3/h7-10,12-13H,5-6,11H2,1-4H3. The quantitative estimate of drug-likeness (QED) is 0.553. The molecule has 19 heavy (non-hydrogen) atoms. The molecule has 1 aromatic carbocycles. The molecule has 0 N–H and O–H groups in total. The molecule has 3 heteroatoms. The Balaban J connectivity index is 2.47. The van der Waals surface area contributed by atoms with E-state index in [2.05, 4.69) is 20.8 Å². The van der Waals surface area contributed by atoms with E-state index in [9.17, 15) is 4.79 Å². The zero-order valence-corrected chi connectivity index (χ0v) is 12.3. The van der Waals surface area contributed by atoms with Gasteiger partial charge in [-0.2, -0.15) is 0 Å². The number of carbonyl (C=O) groups excluding carboxylic acids is 1. The minimum absolute atomic E-state index is 0.304. The van der Waals surface area contributed by atoms with Crippen molar-refractivity contribution in [1.29, 1.82) is 0 Å². The molecule has 1 unspecified atom stereocenters. The molecular weight excluding hydrogens is 240 g/mol. The Bertz CT molecular complexity index is 381. The van der Waals surface area contributed by atoms with Gasteiger partial charge >= 0.3 is 5.97 Å². The van der Waals surface area contributed by atoms with Crippen LogP contribution in [0.15, 0.2) is 24.3 Å². The second kappa shape index (κ2) is 7.82. The molecule has 0 saturated carbocycles. The highest BCUT2D eigenvalue weighted by atomic mass is 16.6.